The number of rotatable bonds is 1. The maximum absolute atomic E-state index is 11.9. The van der Waals surface area contributed by atoms with Gasteiger partial charge in [-0.05, 0) is 37.8 Å². The highest BCUT2D eigenvalue weighted by atomic mass is 16.6. The molecule has 1 saturated carbocycles. The summed E-state index contributed by atoms with van der Waals surface area (Å²) in [6.07, 6.45) is 8.77. The van der Waals surface area contributed by atoms with Gasteiger partial charge in [0.1, 0.15) is 5.60 Å². The Hall–Kier alpha value is -1.58. The summed E-state index contributed by atoms with van der Waals surface area (Å²) in [6, 6.07) is 3.74. The topological polar surface area (TPSA) is 42.4 Å². The van der Waals surface area contributed by atoms with Gasteiger partial charge in [0, 0.05) is 6.20 Å². The third-order valence-corrected chi connectivity index (χ3v) is 3.69. The minimum absolute atomic E-state index is 0.222. The molecule has 2 heterocycles. The van der Waals surface area contributed by atoms with Crippen LogP contribution in [-0.2, 0) is 4.74 Å². The number of aromatic nitrogens is 1. The minimum Gasteiger partial charge on any atom is -0.441 e. The maximum atomic E-state index is 11.9. The number of carbonyl (C=O) groups excluding carboxylic acids is 1. The smallest absolute Gasteiger partial charge is 0.415 e. The van der Waals surface area contributed by atoms with Crippen LogP contribution in [0.1, 0.15) is 32.1 Å². The first kappa shape index (κ1) is 10.6. The number of carbonyl (C=O) groups is 1. The largest absolute Gasteiger partial charge is 0.441 e. The predicted molar refractivity (Wildman–Crippen MR) is 63.9 cm³/mol. The number of ether oxygens (including phenoxy) is 1. The van der Waals surface area contributed by atoms with Crippen LogP contribution in [0.3, 0.4) is 0 Å². The zero-order chi connectivity index (χ0) is 11.7. The van der Waals surface area contributed by atoms with Gasteiger partial charge < -0.3 is 4.74 Å². The second-order valence-corrected chi connectivity index (χ2v) is 4.91. The van der Waals surface area contributed by atoms with Crippen molar-refractivity contribution >= 4 is 11.8 Å². The van der Waals surface area contributed by atoms with Crippen molar-refractivity contribution in [2.75, 3.05) is 11.4 Å². The Morgan fingerprint density at radius 1 is 1.29 bits per heavy atom. The molecular formula is C13H16N2O2. The second-order valence-electron chi connectivity index (χ2n) is 4.91. The van der Waals surface area contributed by atoms with Gasteiger partial charge in [-0.25, -0.2) is 4.79 Å². The van der Waals surface area contributed by atoms with Gasteiger partial charge in [-0.2, -0.15) is 0 Å². The summed E-state index contributed by atoms with van der Waals surface area (Å²) in [7, 11) is 0. The lowest BCUT2D eigenvalue weighted by Crippen LogP contribution is -2.36. The van der Waals surface area contributed by atoms with Gasteiger partial charge in [-0.1, -0.05) is 6.42 Å². The van der Waals surface area contributed by atoms with Crippen LogP contribution in [0.4, 0.5) is 10.5 Å². The van der Waals surface area contributed by atoms with Crippen molar-refractivity contribution in [1.29, 1.82) is 0 Å². The number of nitrogens with zero attached hydrogens (tertiary/aromatic N) is 2. The SMILES string of the molecule is O=C1OC2(CCCCC2)CN1c1cccnc1. The molecule has 2 fully saturated rings. The molecule has 0 aromatic carbocycles. The average Bonchev–Trinajstić information content (AvgIpc) is 2.68. The Morgan fingerprint density at radius 3 is 2.82 bits per heavy atom. The van der Waals surface area contributed by atoms with E-state index in [1.165, 1.54) is 6.42 Å². The molecule has 1 aliphatic heterocycles. The van der Waals surface area contributed by atoms with Gasteiger partial charge in [0.2, 0.25) is 0 Å². The summed E-state index contributed by atoms with van der Waals surface area (Å²) < 4.78 is 5.62. The second kappa shape index (κ2) is 4.02. The van der Waals surface area contributed by atoms with E-state index in [1.54, 1.807) is 17.3 Å². The Labute approximate surface area is 101 Å². The van der Waals surface area contributed by atoms with E-state index in [2.05, 4.69) is 4.98 Å². The van der Waals surface area contributed by atoms with E-state index >= 15 is 0 Å². The molecule has 1 saturated heterocycles. The summed E-state index contributed by atoms with van der Waals surface area (Å²) in [5, 5.41) is 0. The highest BCUT2D eigenvalue weighted by Crippen LogP contribution is 2.38. The van der Waals surface area contributed by atoms with Gasteiger partial charge in [0.05, 0.1) is 18.4 Å². The molecule has 1 amide bonds. The number of amides is 1. The Bertz CT molecular complexity index is 413. The quantitative estimate of drug-likeness (QED) is 0.747. The molecular weight excluding hydrogens is 216 g/mol. The summed E-state index contributed by atoms with van der Waals surface area (Å²) in [5.41, 5.74) is 0.602. The van der Waals surface area contributed by atoms with Crippen molar-refractivity contribution in [1.82, 2.24) is 4.98 Å². The maximum Gasteiger partial charge on any atom is 0.415 e. The summed E-state index contributed by atoms with van der Waals surface area (Å²) in [4.78, 5) is 17.7. The predicted octanol–water partition coefficient (Wildman–Crippen LogP) is 2.74. The summed E-state index contributed by atoms with van der Waals surface area (Å²) >= 11 is 0. The van der Waals surface area contributed by atoms with E-state index < -0.39 is 0 Å². The van der Waals surface area contributed by atoms with Gasteiger partial charge in [-0.3, -0.25) is 9.88 Å². The van der Waals surface area contributed by atoms with Crippen molar-refractivity contribution in [2.45, 2.75) is 37.7 Å². The van der Waals surface area contributed by atoms with Gasteiger partial charge in [0.25, 0.3) is 0 Å². The molecule has 0 N–H and O–H groups in total. The van der Waals surface area contributed by atoms with Gasteiger partial charge in [0.15, 0.2) is 0 Å². The van der Waals surface area contributed by atoms with Crippen LogP contribution < -0.4 is 4.90 Å². The molecule has 0 atom stereocenters. The van der Waals surface area contributed by atoms with Crippen LogP contribution in [-0.4, -0.2) is 23.2 Å². The minimum atomic E-state index is -0.231. The molecule has 1 aromatic rings. The van der Waals surface area contributed by atoms with Gasteiger partial charge >= 0.3 is 6.09 Å². The lowest BCUT2D eigenvalue weighted by atomic mass is 9.85. The molecule has 4 nitrogen and oxygen atoms in total. The Kier molecular flexibility index (Phi) is 2.50. The lowest BCUT2D eigenvalue weighted by Gasteiger charge is -2.30. The summed E-state index contributed by atoms with van der Waals surface area (Å²) in [6.45, 7) is 0.678. The molecule has 2 aliphatic rings. The molecule has 3 rings (SSSR count). The summed E-state index contributed by atoms with van der Waals surface area (Å²) in [5.74, 6) is 0. The van der Waals surface area contributed by atoms with E-state index in [0.717, 1.165) is 31.4 Å². The molecule has 0 bridgehead atoms. The van der Waals surface area contributed by atoms with Gasteiger partial charge in [-0.15, -0.1) is 0 Å². The van der Waals surface area contributed by atoms with E-state index in [4.69, 9.17) is 4.74 Å². The molecule has 17 heavy (non-hydrogen) atoms. The lowest BCUT2D eigenvalue weighted by molar-refractivity contribution is 0.0260. The van der Waals surface area contributed by atoms with Crippen molar-refractivity contribution in [3.05, 3.63) is 24.5 Å². The molecule has 4 heteroatoms. The van der Waals surface area contributed by atoms with Crippen LogP contribution in [0.2, 0.25) is 0 Å². The molecule has 0 unspecified atom stereocenters. The first-order chi connectivity index (χ1) is 8.29. The standard InChI is InChI=1S/C13H16N2O2/c16-12-15(11-5-4-8-14-9-11)10-13(17-12)6-2-1-3-7-13/h4-5,8-9H,1-3,6-7,10H2. The first-order valence-electron chi connectivity index (χ1n) is 6.20. The van der Waals surface area contributed by atoms with E-state index in [9.17, 15) is 4.79 Å². The third kappa shape index (κ3) is 1.88. The Balaban J connectivity index is 1.82. The molecule has 1 aliphatic carbocycles. The first-order valence-corrected chi connectivity index (χ1v) is 6.20. The monoisotopic (exact) mass is 232 g/mol. The number of anilines is 1. The normalized spacial score (nSPS) is 22.8. The zero-order valence-electron chi connectivity index (χ0n) is 9.76. The Morgan fingerprint density at radius 2 is 2.12 bits per heavy atom. The molecule has 0 radical (unpaired) electrons. The van der Waals surface area contributed by atoms with E-state index in [1.807, 2.05) is 12.1 Å². The van der Waals surface area contributed by atoms with Crippen molar-refractivity contribution < 1.29 is 9.53 Å². The van der Waals surface area contributed by atoms with E-state index in [-0.39, 0.29) is 11.7 Å². The molecule has 1 spiro atoms. The number of hydrogen-bond donors (Lipinski definition) is 0. The highest BCUT2D eigenvalue weighted by molar-refractivity contribution is 5.90. The van der Waals surface area contributed by atoms with Crippen LogP contribution in [0, 0.1) is 0 Å². The van der Waals surface area contributed by atoms with Crippen LogP contribution in [0.25, 0.3) is 0 Å². The number of hydrogen-bond acceptors (Lipinski definition) is 3. The van der Waals surface area contributed by atoms with Crippen molar-refractivity contribution in [3.8, 4) is 0 Å². The van der Waals surface area contributed by atoms with E-state index in [0.29, 0.717) is 6.54 Å². The fourth-order valence-electron chi connectivity index (χ4n) is 2.79. The number of pyridine rings is 1. The fraction of sp³-hybridized carbons (Fsp3) is 0.538. The molecule has 1 aromatic heterocycles. The van der Waals surface area contributed by atoms with Crippen LogP contribution in [0.5, 0.6) is 0 Å². The third-order valence-electron chi connectivity index (χ3n) is 3.69. The zero-order valence-corrected chi connectivity index (χ0v) is 9.76. The molecule has 90 valence electrons. The van der Waals surface area contributed by atoms with Crippen molar-refractivity contribution in [3.63, 3.8) is 0 Å². The van der Waals surface area contributed by atoms with Crippen LogP contribution >= 0.6 is 0 Å². The van der Waals surface area contributed by atoms with Crippen LogP contribution in [0.15, 0.2) is 24.5 Å². The van der Waals surface area contributed by atoms with Crippen molar-refractivity contribution in [2.24, 2.45) is 0 Å². The fourth-order valence-corrected chi connectivity index (χ4v) is 2.79. The average molecular weight is 232 g/mol. The highest BCUT2D eigenvalue weighted by Gasteiger charge is 2.46.